The zero-order valence-corrected chi connectivity index (χ0v) is 13.8. The smallest absolute Gasteiger partial charge is 0.136 e. The number of nitrogens with zero attached hydrogens (tertiary/aromatic N) is 1. The van der Waals surface area contributed by atoms with Crippen molar-refractivity contribution in [1.82, 2.24) is 0 Å². The summed E-state index contributed by atoms with van der Waals surface area (Å²) < 4.78 is 5.86. The molecule has 0 spiro atoms. The fourth-order valence-corrected chi connectivity index (χ4v) is 3.09. The molecular weight excluding hydrogens is 294 g/mol. The van der Waals surface area contributed by atoms with Crippen LogP contribution in [0, 0.1) is 0 Å². The number of fused-ring (bicyclic) bond motifs is 1. The zero-order chi connectivity index (χ0) is 16.7. The van der Waals surface area contributed by atoms with Gasteiger partial charge in [0.1, 0.15) is 23.4 Å². The van der Waals surface area contributed by atoms with Crippen LogP contribution in [-0.4, -0.2) is 27.2 Å². The van der Waals surface area contributed by atoms with Gasteiger partial charge in [-0.1, -0.05) is 50.6 Å². The van der Waals surface area contributed by atoms with Crippen LogP contribution in [0.4, 0.5) is 0 Å². The SMILES string of the molecule is CCCCCCCCCC1C/C(=N\O)c2c(O)cc(O)cc2O1. The maximum atomic E-state index is 9.91. The van der Waals surface area contributed by atoms with Crippen LogP contribution in [0.15, 0.2) is 17.3 Å². The number of oxime groups is 1. The van der Waals surface area contributed by atoms with Crippen LogP contribution < -0.4 is 4.74 Å². The summed E-state index contributed by atoms with van der Waals surface area (Å²) in [5.74, 6) is 0.201. The van der Waals surface area contributed by atoms with E-state index in [1.165, 1.54) is 50.7 Å². The second-order valence-electron chi connectivity index (χ2n) is 6.24. The van der Waals surface area contributed by atoms with Crippen LogP contribution >= 0.6 is 0 Å². The summed E-state index contributed by atoms with van der Waals surface area (Å²) in [6.45, 7) is 2.22. The molecule has 128 valence electrons. The van der Waals surface area contributed by atoms with E-state index in [4.69, 9.17) is 4.74 Å². The quantitative estimate of drug-likeness (QED) is 0.372. The van der Waals surface area contributed by atoms with Crippen LogP contribution in [0.5, 0.6) is 17.2 Å². The lowest BCUT2D eigenvalue weighted by Gasteiger charge is -2.27. The van der Waals surface area contributed by atoms with E-state index in [1.54, 1.807) is 0 Å². The predicted octanol–water partition coefficient (Wildman–Crippen LogP) is 4.57. The second kappa shape index (κ2) is 8.65. The summed E-state index contributed by atoms with van der Waals surface area (Å²) in [6, 6.07) is 2.68. The van der Waals surface area contributed by atoms with Crippen molar-refractivity contribution in [2.75, 3.05) is 0 Å². The highest BCUT2D eigenvalue weighted by molar-refractivity contribution is 6.06. The summed E-state index contributed by atoms with van der Waals surface area (Å²) in [4.78, 5) is 0. The van der Waals surface area contributed by atoms with Crippen molar-refractivity contribution in [3.05, 3.63) is 17.7 Å². The molecule has 1 aromatic rings. The number of aromatic hydroxyl groups is 2. The highest BCUT2D eigenvalue weighted by atomic mass is 16.5. The number of benzene rings is 1. The fourth-order valence-electron chi connectivity index (χ4n) is 3.09. The molecule has 3 N–H and O–H groups in total. The molecule has 1 heterocycles. The van der Waals surface area contributed by atoms with E-state index < -0.39 is 0 Å². The van der Waals surface area contributed by atoms with Gasteiger partial charge >= 0.3 is 0 Å². The maximum Gasteiger partial charge on any atom is 0.136 e. The van der Waals surface area contributed by atoms with Crippen molar-refractivity contribution in [3.8, 4) is 17.2 Å². The topological polar surface area (TPSA) is 82.3 Å². The Morgan fingerprint density at radius 1 is 1.09 bits per heavy atom. The van der Waals surface area contributed by atoms with Crippen molar-refractivity contribution in [3.63, 3.8) is 0 Å². The minimum absolute atomic E-state index is 0.0601. The van der Waals surface area contributed by atoms with Crippen molar-refractivity contribution in [1.29, 1.82) is 0 Å². The molecule has 0 amide bonds. The van der Waals surface area contributed by atoms with Crippen LogP contribution in [0.2, 0.25) is 0 Å². The first-order valence-corrected chi connectivity index (χ1v) is 8.59. The third-order valence-corrected chi connectivity index (χ3v) is 4.32. The van der Waals surface area contributed by atoms with E-state index in [0.717, 1.165) is 12.8 Å². The number of rotatable bonds is 8. The lowest BCUT2D eigenvalue weighted by Crippen LogP contribution is -2.27. The van der Waals surface area contributed by atoms with Crippen LogP contribution in [0.25, 0.3) is 0 Å². The van der Waals surface area contributed by atoms with E-state index in [1.807, 2.05) is 0 Å². The first-order chi connectivity index (χ1) is 11.2. The molecular formula is C18H27NO4. The van der Waals surface area contributed by atoms with Gasteiger partial charge in [-0.3, -0.25) is 0 Å². The van der Waals surface area contributed by atoms with E-state index in [9.17, 15) is 15.4 Å². The Labute approximate surface area is 137 Å². The Bertz CT molecular complexity index is 542. The summed E-state index contributed by atoms with van der Waals surface area (Å²) in [6.07, 6.45) is 9.92. The molecule has 1 unspecified atom stereocenters. The summed E-state index contributed by atoms with van der Waals surface area (Å²) in [7, 11) is 0. The fraction of sp³-hybridized carbons (Fsp3) is 0.611. The van der Waals surface area contributed by atoms with Crippen molar-refractivity contribution in [2.45, 2.75) is 70.8 Å². The average Bonchev–Trinajstić information content (AvgIpc) is 2.52. The van der Waals surface area contributed by atoms with Crippen molar-refractivity contribution in [2.24, 2.45) is 5.16 Å². The Kier molecular flexibility index (Phi) is 6.56. The van der Waals surface area contributed by atoms with E-state index >= 15 is 0 Å². The van der Waals surface area contributed by atoms with Gasteiger partial charge in [-0.15, -0.1) is 0 Å². The van der Waals surface area contributed by atoms with Gasteiger partial charge in [0.05, 0.1) is 11.3 Å². The van der Waals surface area contributed by atoms with Gasteiger partial charge in [0.2, 0.25) is 0 Å². The lowest BCUT2D eigenvalue weighted by molar-refractivity contribution is 0.183. The molecule has 0 fully saturated rings. The summed E-state index contributed by atoms with van der Waals surface area (Å²) >= 11 is 0. The molecule has 0 aromatic heterocycles. The third kappa shape index (κ3) is 4.78. The molecule has 1 aliphatic rings. The molecule has 5 nitrogen and oxygen atoms in total. The highest BCUT2D eigenvalue weighted by Gasteiger charge is 2.28. The van der Waals surface area contributed by atoms with E-state index in [-0.39, 0.29) is 17.6 Å². The van der Waals surface area contributed by atoms with Gasteiger partial charge in [0.15, 0.2) is 0 Å². The Hall–Kier alpha value is -1.91. The monoisotopic (exact) mass is 321 g/mol. The molecule has 23 heavy (non-hydrogen) atoms. The van der Waals surface area contributed by atoms with Crippen molar-refractivity contribution >= 4 is 5.71 Å². The molecule has 5 heteroatoms. The van der Waals surface area contributed by atoms with Crippen LogP contribution in [0.3, 0.4) is 0 Å². The number of hydrogen-bond donors (Lipinski definition) is 3. The maximum absolute atomic E-state index is 9.91. The third-order valence-electron chi connectivity index (χ3n) is 4.32. The summed E-state index contributed by atoms with van der Waals surface area (Å²) in [5, 5.41) is 32.0. The molecule has 0 radical (unpaired) electrons. The summed E-state index contributed by atoms with van der Waals surface area (Å²) in [5.41, 5.74) is 0.790. The number of phenolic OH excluding ortho intramolecular Hbond substituents is 2. The lowest BCUT2D eigenvalue weighted by atomic mass is 9.95. The Morgan fingerprint density at radius 2 is 1.78 bits per heavy atom. The minimum atomic E-state index is -0.123. The Balaban J connectivity index is 1.86. The van der Waals surface area contributed by atoms with Gasteiger partial charge in [0, 0.05) is 18.6 Å². The van der Waals surface area contributed by atoms with Gasteiger partial charge in [-0.05, 0) is 12.8 Å². The van der Waals surface area contributed by atoms with Crippen LogP contribution in [0.1, 0.15) is 70.3 Å². The van der Waals surface area contributed by atoms with Gasteiger partial charge in [-0.25, -0.2) is 0 Å². The number of unbranched alkanes of at least 4 members (excludes halogenated alkanes) is 6. The van der Waals surface area contributed by atoms with Gasteiger partial charge in [0.25, 0.3) is 0 Å². The van der Waals surface area contributed by atoms with E-state index in [0.29, 0.717) is 23.4 Å². The molecule has 1 aliphatic heterocycles. The standard InChI is InChI=1S/C18H27NO4/c1-2-3-4-5-6-7-8-9-14-12-15(19-22)18-16(21)10-13(20)11-17(18)23-14/h10-11,14,20-22H,2-9,12H2,1H3/b19-15+. The average molecular weight is 321 g/mol. The molecule has 0 saturated carbocycles. The van der Waals surface area contributed by atoms with Gasteiger partial charge in [-0.2, -0.15) is 0 Å². The first-order valence-electron chi connectivity index (χ1n) is 8.59. The molecule has 0 saturated heterocycles. The van der Waals surface area contributed by atoms with Crippen LogP contribution in [-0.2, 0) is 0 Å². The minimum Gasteiger partial charge on any atom is -0.508 e. The number of hydrogen-bond acceptors (Lipinski definition) is 5. The van der Waals surface area contributed by atoms with Crippen molar-refractivity contribution < 1.29 is 20.2 Å². The highest BCUT2D eigenvalue weighted by Crippen LogP contribution is 2.38. The molecule has 1 aromatic carbocycles. The number of ether oxygens (including phenoxy) is 1. The molecule has 1 atom stereocenters. The van der Waals surface area contributed by atoms with E-state index in [2.05, 4.69) is 12.1 Å². The molecule has 0 aliphatic carbocycles. The largest absolute Gasteiger partial charge is 0.508 e. The Morgan fingerprint density at radius 3 is 2.48 bits per heavy atom. The molecule has 2 rings (SSSR count). The predicted molar refractivity (Wildman–Crippen MR) is 89.7 cm³/mol. The van der Waals surface area contributed by atoms with Gasteiger partial charge < -0.3 is 20.2 Å². The second-order valence-corrected chi connectivity index (χ2v) is 6.24. The zero-order valence-electron chi connectivity index (χ0n) is 13.8. The first kappa shape index (κ1) is 17.4. The normalized spacial score (nSPS) is 18.7. The number of phenols is 2. The molecule has 0 bridgehead atoms.